The third-order valence-corrected chi connectivity index (χ3v) is 4.34. The molecule has 4 atom stereocenters. The molecule has 14 heavy (non-hydrogen) atoms. The zero-order valence-corrected chi connectivity index (χ0v) is 10.3. The average Bonchev–Trinajstić information content (AvgIpc) is 2.16. The summed E-state index contributed by atoms with van der Waals surface area (Å²) in [7, 11) is 0. The maximum absolute atomic E-state index is 5.88. The molecule has 2 N–H and O–H groups in total. The normalized spacial score (nSPS) is 36.0. The molecular formula is C13H27N. The fourth-order valence-corrected chi connectivity index (χ4v) is 2.92. The molecule has 1 aliphatic rings. The van der Waals surface area contributed by atoms with Crippen LogP contribution in [-0.4, -0.2) is 6.54 Å². The summed E-state index contributed by atoms with van der Waals surface area (Å²) in [5.41, 5.74) is 5.88. The van der Waals surface area contributed by atoms with E-state index in [-0.39, 0.29) is 0 Å². The highest BCUT2D eigenvalue weighted by Gasteiger charge is 2.32. The zero-order valence-electron chi connectivity index (χ0n) is 10.3. The lowest BCUT2D eigenvalue weighted by molar-refractivity contribution is 0.114. The van der Waals surface area contributed by atoms with E-state index in [4.69, 9.17) is 5.73 Å². The van der Waals surface area contributed by atoms with E-state index in [2.05, 4.69) is 27.7 Å². The molecule has 1 rings (SSSR count). The molecule has 4 unspecified atom stereocenters. The second-order valence-electron chi connectivity index (χ2n) is 5.68. The number of hydrogen-bond acceptors (Lipinski definition) is 1. The van der Waals surface area contributed by atoms with Crippen LogP contribution in [0.25, 0.3) is 0 Å². The molecule has 0 saturated heterocycles. The minimum Gasteiger partial charge on any atom is -0.330 e. The van der Waals surface area contributed by atoms with E-state index in [0.717, 1.165) is 36.1 Å². The zero-order chi connectivity index (χ0) is 10.7. The van der Waals surface area contributed by atoms with Crippen LogP contribution in [0.15, 0.2) is 0 Å². The van der Waals surface area contributed by atoms with Gasteiger partial charge in [0, 0.05) is 0 Å². The summed E-state index contributed by atoms with van der Waals surface area (Å²) in [6.07, 6.45) is 4.16. The summed E-state index contributed by atoms with van der Waals surface area (Å²) < 4.78 is 0. The van der Waals surface area contributed by atoms with E-state index in [1.165, 1.54) is 19.3 Å². The number of nitrogens with two attached hydrogens (primary N) is 1. The van der Waals surface area contributed by atoms with Gasteiger partial charge in [0.05, 0.1) is 0 Å². The van der Waals surface area contributed by atoms with Crippen molar-refractivity contribution in [3.05, 3.63) is 0 Å². The quantitative estimate of drug-likeness (QED) is 0.738. The Balaban J connectivity index is 2.60. The SMILES string of the molecule is CC1CCC(CN)C(C(C)C(C)C)C1. The van der Waals surface area contributed by atoms with Crippen molar-refractivity contribution >= 4 is 0 Å². The third kappa shape index (κ3) is 2.73. The largest absolute Gasteiger partial charge is 0.330 e. The maximum atomic E-state index is 5.88. The highest BCUT2D eigenvalue weighted by Crippen LogP contribution is 2.39. The highest BCUT2D eigenvalue weighted by atomic mass is 14.6. The van der Waals surface area contributed by atoms with Gasteiger partial charge in [-0.2, -0.15) is 0 Å². The summed E-state index contributed by atoms with van der Waals surface area (Å²) in [6.45, 7) is 10.4. The van der Waals surface area contributed by atoms with Crippen molar-refractivity contribution in [2.45, 2.75) is 47.0 Å². The van der Waals surface area contributed by atoms with Gasteiger partial charge >= 0.3 is 0 Å². The Labute approximate surface area is 89.5 Å². The Hall–Kier alpha value is -0.0400. The van der Waals surface area contributed by atoms with Gasteiger partial charge in [-0.3, -0.25) is 0 Å². The molecule has 1 aliphatic carbocycles. The molecule has 0 aliphatic heterocycles. The smallest absolute Gasteiger partial charge is 0.00461 e. The van der Waals surface area contributed by atoms with Crippen molar-refractivity contribution in [2.24, 2.45) is 35.3 Å². The predicted octanol–water partition coefficient (Wildman–Crippen LogP) is 3.29. The molecule has 0 aromatic rings. The van der Waals surface area contributed by atoms with Crippen LogP contribution in [-0.2, 0) is 0 Å². The molecular weight excluding hydrogens is 170 g/mol. The summed E-state index contributed by atoms with van der Waals surface area (Å²) in [5.74, 6) is 4.24. The average molecular weight is 197 g/mol. The molecule has 1 nitrogen and oxygen atoms in total. The minimum atomic E-state index is 0.795. The summed E-state index contributed by atoms with van der Waals surface area (Å²) in [4.78, 5) is 0. The second kappa shape index (κ2) is 5.16. The van der Waals surface area contributed by atoms with Gasteiger partial charge in [-0.15, -0.1) is 0 Å². The lowest BCUT2D eigenvalue weighted by Gasteiger charge is -2.39. The van der Waals surface area contributed by atoms with Crippen LogP contribution < -0.4 is 5.73 Å². The monoisotopic (exact) mass is 197 g/mol. The Kier molecular flexibility index (Phi) is 4.43. The van der Waals surface area contributed by atoms with Crippen molar-refractivity contribution in [1.29, 1.82) is 0 Å². The Morgan fingerprint density at radius 3 is 2.36 bits per heavy atom. The Morgan fingerprint density at radius 1 is 1.21 bits per heavy atom. The van der Waals surface area contributed by atoms with Gasteiger partial charge in [0.2, 0.25) is 0 Å². The predicted molar refractivity (Wildman–Crippen MR) is 63.1 cm³/mol. The molecule has 0 spiro atoms. The third-order valence-electron chi connectivity index (χ3n) is 4.34. The van der Waals surface area contributed by atoms with Gasteiger partial charge in [0.25, 0.3) is 0 Å². The van der Waals surface area contributed by atoms with Gasteiger partial charge in [0.15, 0.2) is 0 Å². The van der Waals surface area contributed by atoms with Crippen LogP contribution in [0.3, 0.4) is 0 Å². The van der Waals surface area contributed by atoms with Crippen molar-refractivity contribution in [1.82, 2.24) is 0 Å². The fourth-order valence-electron chi connectivity index (χ4n) is 2.92. The first-order valence-electron chi connectivity index (χ1n) is 6.26. The maximum Gasteiger partial charge on any atom is -0.00461 e. The second-order valence-corrected chi connectivity index (χ2v) is 5.68. The highest BCUT2D eigenvalue weighted by molar-refractivity contribution is 4.83. The summed E-state index contributed by atoms with van der Waals surface area (Å²) >= 11 is 0. The van der Waals surface area contributed by atoms with Crippen molar-refractivity contribution in [2.75, 3.05) is 6.54 Å². The van der Waals surface area contributed by atoms with Crippen molar-refractivity contribution in [3.63, 3.8) is 0 Å². The van der Waals surface area contributed by atoms with Crippen molar-refractivity contribution < 1.29 is 0 Å². The number of hydrogen-bond donors (Lipinski definition) is 1. The first kappa shape index (κ1) is 12.0. The van der Waals surface area contributed by atoms with Gasteiger partial charge in [0.1, 0.15) is 0 Å². The molecule has 1 saturated carbocycles. The van der Waals surface area contributed by atoms with E-state index in [1.807, 2.05) is 0 Å². The van der Waals surface area contributed by atoms with Crippen LogP contribution in [0, 0.1) is 29.6 Å². The molecule has 1 fully saturated rings. The first-order chi connectivity index (χ1) is 6.56. The van der Waals surface area contributed by atoms with E-state index in [1.54, 1.807) is 0 Å². The molecule has 0 aromatic carbocycles. The van der Waals surface area contributed by atoms with Crippen LogP contribution in [0.5, 0.6) is 0 Å². The standard InChI is InChI=1S/C13H27N/c1-9(2)11(4)13-7-10(3)5-6-12(13)8-14/h9-13H,5-8,14H2,1-4H3. The Bertz CT molecular complexity index is 163. The minimum absolute atomic E-state index is 0.795. The summed E-state index contributed by atoms with van der Waals surface area (Å²) in [6, 6.07) is 0. The van der Waals surface area contributed by atoms with E-state index in [9.17, 15) is 0 Å². The van der Waals surface area contributed by atoms with E-state index in [0.29, 0.717) is 0 Å². The molecule has 84 valence electrons. The van der Waals surface area contributed by atoms with E-state index < -0.39 is 0 Å². The van der Waals surface area contributed by atoms with Crippen LogP contribution in [0.4, 0.5) is 0 Å². The lowest BCUT2D eigenvalue weighted by atomic mass is 9.67. The van der Waals surface area contributed by atoms with Gasteiger partial charge in [-0.25, -0.2) is 0 Å². The fraction of sp³-hybridized carbons (Fsp3) is 1.00. The molecule has 1 heteroatoms. The summed E-state index contributed by atoms with van der Waals surface area (Å²) in [5, 5.41) is 0. The first-order valence-corrected chi connectivity index (χ1v) is 6.26. The van der Waals surface area contributed by atoms with Crippen LogP contribution >= 0.6 is 0 Å². The van der Waals surface area contributed by atoms with Gasteiger partial charge in [-0.05, 0) is 49.0 Å². The topological polar surface area (TPSA) is 26.0 Å². The van der Waals surface area contributed by atoms with Crippen molar-refractivity contribution in [3.8, 4) is 0 Å². The molecule has 0 aromatic heterocycles. The van der Waals surface area contributed by atoms with Gasteiger partial charge in [-0.1, -0.05) is 34.1 Å². The lowest BCUT2D eigenvalue weighted by Crippen LogP contribution is -2.35. The molecule has 0 bridgehead atoms. The number of rotatable bonds is 3. The van der Waals surface area contributed by atoms with Crippen LogP contribution in [0.1, 0.15) is 47.0 Å². The Morgan fingerprint density at radius 2 is 1.86 bits per heavy atom. The van der Waals surface area contributed by atoms with Crippen LogP contribution in [0.2, 0.25) is 0 Å². The van der Waals surface area contributed by atoms with Gasteiger partial charge < -0.3 is 5.73 Å². The molecule has 0 heterocycles. The molecule has 0 amide bonds. The molecule has 0 radical (unpaired) electrons. The van der Waals surface area contributed by atoms with E-state index >= 15 is 0 Å².